The summed E-state index contributed by atoms with van der Waals surface area (Å²) in [5, 5.41) is 13.5. The number of rotatable bonds is 15. The van der Waals surface area contributed by atoms with Crippen LogP contribution in [0.4, 0.5) is 0 Å². The highest BCUT2D eigenvalue weighted by atomic mass is 16.3. The number of furan rings is 6. The molecular formula is C138H84N6O6. The minimum absolute atomic E-state index is 0.685. The third-order valence-corrected chi connectivity index (χ3v) is 28.6. The first-order valence-corrected chi connectivity index (χ1v) is 50.2. The summed E-state index contributed by atoms with van der Waals surface area (Å²) in [6.45, 7) is 0. The molecule has 0 aliphatic rings. The van der Waals surface area contributed by atoms with Gasteiger partial charge in [0, 0.05) is 131 Å². The monoisotopic (exact) mass is 1920 g/mol. The molecule has 0 N–H and O–H groups in total. The van der Waals surface area contributed by atoms with Gasteiger partial charge in [-0.15, -0.1) is 0 Å². The van der Waals surface area contributed by atoms with Crippen molar-refractivity contribution in [3.63, 3.8) is 0 Å². The molecule has 21 aromatic carbocycles. The normalized spacial score (nSPS) is 11.6. The number of hydrogen-bond acceptors (Lipinski definition) is 12. The maximum Gasteiger partial charge on any atom is 0.160 e. The van der Waals surface area contributed by atoms with Gasteiger partial charge < -0.3 is 26.5 Å². The standard InChI is InChI=1S/3C46H28N2O2/c1-2-9-33(10-3-1)46-47-40(31-21-17-29(18-22-31)34-25-26-44-39(27-34)37-12-5-6-15-42(37)49-44)28-41(48-46)32-23-19-30(20-24-32)35-13-8-14-38-36-11-4-7-16-43(36)50-45(35)38;1-2-10-33(11-3-1)46-47-40(31-24-20-29(21-25-31)34-14-8-16-38-36-12-4-6-18-42(36)49-44(34)38)28-41(48-46)32-26-22-30(23-27-32)35-15-9-17-39-37-13-5-7-19-43(37)50-45(35)39;1-2-8-33(9-3-1)46-47-40(31-18-14-29(15-19-31)34-22-24-38-36-10-4-6-12-42(36)49-44(38)26-34)28-41(48-46)32-20-16-30(17-21-32)35-23-25-39-37-11-5-7-13-43(37)50-45(39)27-35/h3*1-28H. The first kappa shape index (κ1) is 87.5. The average molecular weight is 1920 g/mol. The molecular weight excluding hydrogens is 1840 g/mol. The highest BCUT2D eigenvalue weighted by molar-refractivity contribution is 6.14. The number of aromatic nitrogens is 6. The van der Waals surface area contributed by atoms with E-state index in [4.69, 9.17) is 56.4 Å². The lowest BCUT2D eigenvalue weighted by Gasteiger charge is -2.11. The largest absolute Gasteiger partial charge is 0.456 e. The van der Waals surface area contributed by atoms with E-state index >= 15 is 0 Å². The molecule has 702 valence electrons. The number of hydrogen-bond donors (Lipinski definition) is 0. The van der Waals surface area contributed by atoms with E-state index in [0.29, 0.717) is 17.5 Å². The van der Waals surface area contributed by atoms with Crippen molar-refractivity contribution in [2.24, 2.45) is 0 Å². The van der Waals surface area contributed by atoms with Crippen molar-refractivity contribution in [2.75, 3.05) is 0 Å². The fourth-order valence-corrected chi connectivity index (χ4v) is 21.0. The summed E-state index contributed by atoms with van der Waals surface area (Å²) in [5.74, 6) is 2.07. The van der Waals surface area contributed by atoms with Gasteiger partial charge in [-0.05, 0) is 141 Å². The Kier molecular flexibility index (Phi) is 21.6. The summed E-state index contributed by atoms with van der Waals surface area (Å²) in [4.78, 5) is 30.3. The van der Waals surface area contributed by atoms with Crippen LogP contribution < -0.4 is 0 Å². The maximum atomic E-state index is 6.33. The molecule has 12 heteroatoms. The zero-order chi connectivity index (χ0) is 99.1. The summed E-state index contributed by atoms with van der Waals surface area (Å²) in [5.41, 5.74) is 38.2. The molecule has 9 heterocycles. The van der Waals surface area contributed by atoms with Crippen LogP contribution in [-0.2, 0) is 0 Å². The van der Waals surface area contributed by atoms with E-state index in [1.165, 1.54) is 0 Å². The van der Waals surface area contributed by atoms with Gasteiger partial charge in [-0.3, -0.25) is 0 Å². The average Bonchev–Trinajstić information content (AvgIpc) is 1.60. The van der Waals surface area contributed by atoms with Crippen molar-refractivity contribution < 1.29 is 26.5 Å². The van der Waals surface area contributed by atoms with Crippen LogP contribution >= 0.6 is 0 Å². The van der Waals surface area contributed by atoms with Gasteiger partial charge in [-0.1, -0.05) is 419 Å². The predicted molar refractivity (Wildman–Crippen MR) is 611 cm³/mol. The molecule has 0 atom stereocenters. The zero-order valence-electron chi connectivity index (χ0n) is 80.6. The highest BCUT2D eigenvalue weighted by Gasteiger charge is 2.23. The molecule has 0 bridgehead atoms. The molecule has 0 amide bonds. The quantitative estimate of drug-likeness (QED) is 0.0959. The fourth-order valence-electron chi connectivity index (χ4n) is 21.0. The van der Waals surface area contributed by atoms with E-state index < -0.39 is 0 Å². The molecule has 0 aliphatic heterocycles. The smallest absolute Gasteiger partial charge is 0.160 e. The van der Waals surface area contributed by atoms with Crippen LogP contribution in [0.15, 0.2) is 536 Å². The number of fused-ring (bicyclic) bond motifs is 18. The third-order valence-electron chi connectivity index (χ3n) is 28.6. The Labute approximate surface area is 860 Å². The van der Waals surface area contributed by atoms with E-state index in [1.54, 1.807) is 0 Å². The van der Waals surface area contributed by atoms with E-state index in [2.05, 4.69) is 370 Å². The first-order valence-electron chi connectivity index (χ1n) is 50.2. The molecule has 9 aromatic heterocycles. The van der Waals surface area contributed by atoms with Crippen molar-refractivity contribution in [2.45, 2.75) is 0 Å². The van der Waals surface area contributed by atoms with Crippen molar-refractivity contribution in [3.8, 4) is 168 Å². The maximum absolute atomic E-state index is 6.33. The topological polar surface area (TPSA) is 156 Å². The molecule has 0 fully saturated rings. The van der Waals surface area contributed by atoms with Crippen LogP contribution in [-0.4, -0.2) is 29.9 Å². The molecule has 0 saturated carbocycles. The summed E-state index contributed by atoms with van der Waals surface area (Å²) in [6, 6.07) is 176. The minimum atomic E-state index is 0.685. The van der Waals surface area contributed by atoms with Gasteiger partial charge in [0.05, 0.1) is 34.2 Å². The molecule has 0 radical (unpaired) electrons. The lowest BCUT2D eigenvalue weighted by molar-refractivity contribution is 0.668. The molecule has 0 saturated heterocycles. The van der Waals surface area contributed by atoms with Crippen LogP contribution in [0.3, 0.4) is 0 Å². The lowest BCUT2D eigenvalue weighted by atomic mass is 9.99. The van der Waals surface area contributed by atoms with Crippen molar-refractivity contribution in [1.82, 2.24) is 29.9 Å². The number of nitrogens with zero attached hydrogens (tertiary/aromatic N) is 6. The van der Waals surface area contributed by atoms with Gasteiger partial charge in [0.25, 0.3) is 0 Å². The molecule has 12 nitrogen and oxygen atoms in total. The van der Waals surface area contributed by atoms with E-state index in [9.17, 15) is 0 Å². The summed E-state index contributed by atoms with van der Waals surface area (Å²) >= 11 is 0. The molecule has 0 spiro atoms. The summed E-state index contributed by atoms with van der Waals surface area (Å²) in [6.07, 6.45) is 0. The molecule has 0 aliphatic carbocycles. The van der Waals surface area contributed by atoms with Gasteiger partial charge in [0.15, 0.2) is 17.5 Å². The second kappa shape index (κ2) is 37.1. The SMILES string of the molecule is c1ccc(-c2nc(-c3ccc(-c4ccc5c(c4)oc4ccccc45)cc3)cc(-c3ccc(-c4ccc5c(c4)oc4ccccc45)cc3)n2)cc1.c1ccc(-c2nc(-c3ccc(-c4ccc5oc6ccccc6c5c4)cc3)cc(-c3ccc(-c4cccc5c4oc4ccccc45)cc3)n2)cc1.c1ccc(-c2nc(-c3ccc(-c4cccc5c4oc4ccccc45)cc3)cc(-c3ccc(-c4cccc5c4oc4ccccc45)cc3)n2)cc1. The van der Waals surface area contributed by atoms with Crippen LogP contribution in [0.1, 0.15) is 0 Å². The number of para-hydroxylation sites is 9. The lowest BCUT2D eigenvalue weighted by Crippen LogP contribution is -1.96. The fraction of sp³-hybridized carbons (Fsp3) is 0. The Morgan fingerprint density at radius 2 is 0.307 bits per heavy atom. The predicted octanol–water partition coefficient (Wildman–Crippen LogP) is 37.8. The van der Waals surface area contributed by atoms with Crippen LogP contribution in [0.2, 0.25) is 0 Å². The van der Waals surface area contributed by atoms with E-state index in [-0.39, 0.29) is 0 Å². The Morgan fingerprint density at radius 1 is 0.107 bits per heavy atom. The number of benzene rings is 21. The molecule has 150 heavy (non-hydrogen) atoms. The van der Waals surface area contributed by atoms with Crippen molar-refractivity contribution >= 4 is 132 Å². The molecule has 0 unspecified atom stereocenters. The van der Waals surface area contributed by atoms with Crippen molar-refractivity contribution in [3.05, 3.63) is 510 Å². The Hall–Kier alpha value is -20.3. The van der Waals surface area contributed by atoms with Crippen LogP contribution in [0.25, 0.3) is 300 Å². The summed E-state index contributed by atoms with van der Waals surface area (Å²) in [7, 11) is 0. The van der Waals surface area contributed by atoms with Crippen LogP contribution in [0, 0.1) is 0 Å². The first-order chi connectivity index (χ1) is 74.2. The zero-order valence-corrected chi connectivity index (χ0v) is 80.6. The van der Waals surface area contributed by atoms with Gasteiger partial charge in [-0.2, -0.15) is 0 Å². The Morgan fingerprint density at radius 3 is 0.600 bits per heavy atom. The second-order valence-electron chi connectivity index (χ2n) is 37.7. The van der Waals surface area contributed by atoms with Crippen molar-refractivity contribution in [1.29, 1.82) is 0 Å². The summed E-state index contributed by atoms with van der Waals surface area (Å²) < 4.78 is 37.4. The van der Waals surface area contributed by atoms with E-state index in [1.807, 2.05) is 140 Å². The highest BCUT2D eigenvalue weighted by Crippen LogP contribution is 2.46. The van der Waals surface area contributed by atoms with Gasteiger partial charge in [-0.25, -0.2) is 29.9 Å². The van der Waals surface area contributed by atoms with Gasteiger partial charge in [0.2, 0.25) is 0 Å². The molecule has 30 rings (SSSR count). The molecule has 30 aromatic rings. The third kappa shape index (κ3) is 16.3. The van der Waals surface area contributed by atoms with Gasteiger partial charge >= 0.3 is 0 Å². The minimum Gasteiger partial charge on any atom is -0.456 e. The van der Waals surface area contributed by atoms with Crippen LogP contribution in [0.5, 0.6) is 0 Å². The van der Waals surface area contributed by atoms with Gasteiger partial charge in [0.1, 0.15) is 67.0 Å². The Balaban J connectivity index is 0.000000108. The second-order valence-corrected chi connectivity index (χ2v) is 37.7. The Bertz CT molecular complexity index is 10100. The van der Waals surface area contributed by atoms with E-state index in [0.717, 1.165) is 283 Å².